The summed E-state index contributed by atoms with van der Waals surface area (Å²) in [6, 6.07) is 0. The minimum atomic E-state index is -1.51. The van der Waals surface area contributed by atoms with Gasteiger partial charge in [0.15, 0.2) is 5.13 Å². The number of nitrogens with one attached hydrogen (secondary N) is 1. The van der Waals surface area contributed by atoms with E-state index in [9.17, 15) is 9.59 Å². The molecule has 0 fully saturated rings. The molecule has 0 aliphatic rings. The van der Waals surface area contributed by atoms with Crippen molar-refractivity contribution in [1.29, 1.82) is 0 Å². The quantitative estimate of drug-likeness (QED) is 0.559. The monoisotopic (exact) mass is 242 g/mol. The van der Waals surface area contributed by atoms with Gasteiger partial charge in [-0.15, -0.1) is 11.3 Å². The number of anilines is 1. The summed E-state index contributed by atoms with van der Waals surface area (Å²) in [5, 5.41) is 10.8. The summed E-state index contributed by atoms with van der Waals surface area (Å²) in [6.45, 7) is 3.64. The number of carbonyl (C=O) groups excluding carboxylic acids is 1. The first-order valence-electron chi connectivity index (χ1n) is 3.49. The van der Waals surface area contributed by atoms with E-state index in [1.54, 1.807) is 6.92 Å². The summed E-state index contributed by atoms with van der Waals surface area (Å²) in [7, 11) is 0. The van der Waals surface area contributed by atoms with Crippen LogP contribution in [0, 0.1) is 13.8 Å². The zero-order chi connectivity index (χ0) is 10.0. The zero-order valence-corrected chi connectivity index (χ0v) is 10.9. The first-order valence-corrected chi connectivity index (χ1v) is 4.30. The van der Waals surface area contributed by atoms with E-state index < -0.39 is 11.9 Å². The van der Waals surface area contributed by atoms with Crippen molar-refractivity contribution >= 4 is 66.1 Å². The van der Waals surface area contributed by atoms with Gasteiger partial charge in [-0.3, -0.25) is 10.1 Å². The predicted octanol–water partition coefficient (Wildman–Crippen LogP) is 0.627. The van der Waals surface area contributed by atoms with Crippen molar-refractivity contribution in [3.63, 3.8) is 0 Å². The van der Waals surface area contributed by atoms with Crippen LogP contribution in [-0.4, -0.2) is 59.7 Å². The first-order chi connectivity index (χ1) is 6.00. The number of aliphatic carboxylic acids is 1. The average molecular weight is 242 g/mol. The van der Waals surface area contributed by atoms with Gasteiger partial charge in [-0.05, 0) is 13.8 Å². The Hall–Kier alpha value is -0.170. The van der Waals surface area contributed by atoms with E-state index >= 15 is 0 Å². The number of hydrogen-bond donors (Lipinski definition) is 2. The number of hydrogen-bond acceptors (Lipinski definition) is 4. The molecular formula is C7H10CaN2O3S. The third-order valence-electron chi connectivity index (χ3n) is 1.44. The van der Waals surface area contributed by atoms with Gasteiger partial charge >= 0.3 is 49.6 Å². The SMILES string of the molecule is Cc1nc(NC(=O)C(=O)O)sc1C.[Ca+2].[H-].[H-]. The van der Waals surface area contributed by atoms with Crippen LogP contribution in [0.4, 0.5) is 5.13 Å². The zero-order valence-electron chi connectivity index (χ0n) is 9.83. The predicted molar refractivity (Wildman–Crippen MR) is 55.8 cm³/mol. The summed E-state index contributed by atoms with van der Waals surface area (Å²) >= 11 is 1.25. The Morgan fingerprint density at radius 2 is 2.07 bits per heavy atom. The fourth-order valence-corrected chi connectivity index (χ4v) is 1.49. The van der Waals surface area contributed by atoms with Gasteiger partial charge in [-0.2, -0.15) is 0 Å². The van der Waals surface area contributed by atoms with Gasteiger partial charge in [0.2, 0.25) is 0 Å². The van der Waals surface area contributed by atoms with Crippen molar-refractivity contribution in [3.05, 3.63) is 10.6 Å². The maximum atomic E-state index is 10.7. The van der Waals surface area contributed by atoms with E-state index in [2.05, 4.69) is 10.3 Å². The van der Waals surface area contributed by atoms with E-state index in [0.29, 0.717) is 5.13 Å². The maximum absolute atomic E-state index is 10.7. The molecule has 0 aliphatic carbocycles. The summed E-state index contributed by atoms with van der Waals surface area (Å²) < 4.78 is 0. The van der Waals surface area contributed by atoms with E-state index in [-0.39, 0.29) is 40.6 Å². The third-order valence-corrected chi connectivity index (χ3v) is 2.43. The Morgan fingerprint density at radius 3 is 2.43 bits per heavy atom. The average Bonchev–Trinajstić information content (AvgIpc) is 2.31. The Bertz CT molecular complexity index is 353. The maximum Gasteiger partial charge on any atom is 2.00 e. The van der Waals surface area contributed by atoms with Crippen molar-refractivity contribution in [3.8, 4) is 0 Å². The molecule has 74 valence electrons. The molecule has 14 heavy (non-hydrogen) atoms. The second-order valence-corrected chi connectivity index (χ2v) is 3.62. The molecule has 1 rings (SSSR count). The number of rotatable bonds is 1. The van der Waals surface area contributed by atoms with Gasteiger partial charge in [-0.1, -0.05) is 0 Å². The van der Waals surface area contributed by atoms with Crippen LogP contribution in [0.15, 0.2) is 0 Å². The van der Waals surface area contributed by atoms with Crippen LogP contribution in [0.25, 0.3) is 0 Å². The number of aromatic nitrogens is 1. The van der Waals surface area contributed by atoms with Gasteiger partial charge in [0, 0.05) is 4.88 Å². The summed E-state index contributed by atoms with van der Waals surface area (Å²) in [6.07, 6.45) is 0. The normalized spacial score (nSPS) is 9.00. The Kier molecular flexibility index (Phi) is 5.58. The molecule has 1 amide bonds. The summed E-state index contributed by atoms with van der Waals surface area (Å²) in [4.78, 5) is 25.8. The van der Waals surface area contributed by atoms with Gasteiger partial charge in [0.05, 0.1) is 5.69 Å². The van der Waals surface area contributed by atoms with Gasteiger partial charge < -0.3 is 7.96 Å². The molecule has 5 nitrogen and oxygen atoms in total. The molecule has 1 aromatic rings. The second-order valence-electron chi connectivity index (χ2n) is 2.42. The standard InChI is InChI=1S/C7H8N2O3S.Ca.2H/c1-3-4(2)13-7(8-3)9-5(10)6(11)12;;;/h1-2H3,(H,11,12)(H,8,9,10);;;/q;+2;2*-1. The van der Waals surface area contributed by atoms with Crippen LogP contribution in [0.3, 0.4) is 0 Å². The molecule has 1 heterocycles. The minimum Gasteiger partial charge on any atom is -1.00 e. The number of amides is 1. The number of nitrogens with zero attached hydrogens (tertiary/aromatic N) is 1. The molecular weight excluding hydrogens is 232 g/mol. The van der Waals surface area contributed by atoms with Crippen LogP contribution >= 0.6 is 11.3 Å². The number of carboxylic acids is 1. The van der Waals surface area contributed by atoms with E-state index in [1.807, 2.05) is 6.92 Å². The molecule has 0 bridgehead atoms. The fourth-order valence-electron chi connectivity index (χ4n) is 0.677. The molecule has 0 aromatic carbocycles. The fraction of sp³-hybridized carbons (Fsp3) is 0.286. The van der Waals surface area contributed by atoms with E-state index in [0.717, 1.165) is 10.6 Å². The Labute approximate surface area is 118 Å². The largest absolute Gasteiger partial charge is 2.00 e. The molecule has 0 saturated heterocycles. The smallest absolute Gasteiger partial charge is 1.00 e. The molecule has 0 saturated carbocycles. The molecule has 1 aromatic heterocycles. The summed E-state index contributed by atoms with van der Waals surface area (Å²) in [5.74, 6) is -2.57. The van der Waals surface area contributed by atoms with E-state index in [4.69, 9.17) is 5.11 Å². The molecule has 7 heteroatoms. The van der Waals surface area contributed by atoms with Crippen LogP contribution in [-0.2, 0) is 9.59 Å². The topological polar surface area (TPSA) is 79.3 Å². The number of carbonyl (C=O) groups is 2. The van der Waals surface area contributed by atoms with Crippen LogP contribution in [0.1, 0.15) is 13.4 Å². The van der Waals surface area contributed by atoms with Crippen molar-refractivity contribution in [2.45, 2.75) is 13.8 Å². The molecule has 0 atom stereocenters. The first kappa shape index (κ1) is 13.8. The van der Waals surface area contributed by atoms with Crippen LogP contribution < -0.4 is 5.32 Å². The van der Waals surface area contributed by atoms with Crippen LogP contribution in [0.2, 0.25) is 0 Å². The third kappa shape index (κ3) is 3.53. The van der Waals surface area contributed by atoms with Gasteiger partial charge in [0.1, 0.15) is 0 Å². The van der Waals surface area contributed by atoms with Crippen molar-refractivity contribution in [2.75, 3.05) is 5.32 Å². The van der Waals surface area contributed by atoms with Crippen LogP contribution in [0.5, 0.6) is 0 Å². The van der Waals surface area contributed by atoms with Gasteiger partial charge in [-0.25, -0.2) is 9.78 Å². The number of thiazole rings is 1. The second kappa shape index (κ2) is 5.65. The number of aryl methyl sites for hydroxylation is 2. The molecule has 2 N–H and O–H groups in total. The van der Waals surface area contributed by atoms with Crippen molar-refractivity contribution < 1.29 is 17.5 Å². The number of carboxylic acid groups (broad SMARTS) is 1. The summed E-state index contributed by atoms with van der Waals surface area (Å²) in [5.41, 5.74) is 0.797. The van der Waals surface area contributed by atoms with Gasteiger partial charge in [0.25, 0.3) is 0 Å². The Morgan fingerprint density at radius 1 is 1.50 bits per heavy atom. The molecule has 0 aliphatic heterocycles. The van der Waals surface area contributed by atoms with E-state index in [1.165, 1.54) is 11.3 Å². The van der Waals surface area contributed by atoms with Crippen molar-refractivity contribution in [2.24, 2.45) is 0 Å². The molecule has 0 radical (unpaired) electrons. The van der Waals surface area contributed by atoms with Crippen molar-refractivity contribution in [1.82, 2.24) is 4.98 Å². The molecule has 0 spiro atoms. The Balaban J connectivity index is -0.000000563. The minimum absolute atomic E-state index is 0. The molecule has 0 unspecified atom stereocenters.